The van der Waals surface area contributed by atoms with E-state index < -0.39 is 0 Å². The lowest BCUT2D eigenvalue weighted by molar-refractivity contribution is 0.0994. The van der Waals surface area contributed by atoms with Gasteiger partial charge in [0.15, 0.2) is 0 Å². The monoisotopic (exact) mass is 142 g/mol. The van der Waals surface area contributed by atoms with E-state index in [0.717, 1.165) is 25.7 Å². The maximum atomic E-state index is 9.87. The zero-order chi connectivity index (χ0) is 7.40. The molecule has 1 rings (SSSR count). The van der Waals surface area contributed by atoms with E-state index >= 15 is 0 Å². The molecule has 0 heterocycles. The first-order chi connectivity index (χ1) is 4.84. The molecule has 0 aliphatic heterocycles. The first kappa shape index (κ1) is 7.54. The van der Waals surface area contributed by atoms with E-state index in [9.17, 15) is 9.90 Å². The molecule has 0 saturated heterocycles. The smallest absolute Gasteiger partial charge is 0.309 e. The fourth-order valence-corrected chi connectivity index (χ4v) is 1.36. The summed E-state index contributed by atoms with van der Waals surface area (Å²) in [5, 5.41) is 11.7. The Balaban J connectivity index is 2.32. The second kappa shape index (κ2) is 3.56. The molecule has 3 nitrogen and oxygen atoms in total. The maximum absolute atomic E-state index is 9.87. The van der Waals surface area contributed by atoms with Crippen molar-refractivity contribution in [3.8, 4) is 0 Å². The van der Waals surface area contributed by atoms with Gasteiger partial charge in [-0.2, -0.15) is 0 Å². The molecule has 0 aromatic carbocycles. The van der Waals surface area contributed by atoms with Crippen LogP contribution in [0.15, 0.2) is 0 Å². The molecule has 2 atom stereocenters. The third kappa shape index (κ3) is 1.70. The number of hydrogen-bond donors (Lipinski definition) is 2. The highest BCUT2D eigenvalue weighted by molar-refractivity contribution is 5.47. The van der Waals surface area contributed by atoms with E-state index in [1.165, 1.54) is 0 Å². The quantitative estimate of drug-likeness (QED) is 0.531. The lowest BCUT2D eigenvalue weighted by atomic mass is 9.93. The third-order valence-electron chi connectivity index (χ3n) is 1.97. The zero-order valence-electron chi connectivity index (χ0n) is 5.84. The number of aliphatic hydroxyl groups excluding tert-OH is 1. The number of carbonyl (C=O) groups excluding carboxylic acids is 1. The van der Waals surface area contributed by atoms with Crippen molar-refractivity contribution in [1.29, 1.82) is 0 Å². The molecule has 1 aliphatic rings. The first-order valence-electron chi connectivity index (χ1n) is 3.65. The molecular weight excluding hydrogens is 130 g/mol. The summed E-state index contributed by atoms with van der Waals surface area (Å²) < 4.78 is 0. The van der Waals surface area contributed by atoms with E-state index in [-0.39, 0.29) is 12.1 Å². The van der Waals surface area contributed by atoms with E-state index in [4.69, 9.17) is 0 Å². The number of aliphatic hydroxyl groups is 1. The molecule has 1 saturated carbocycles. The highest BCUT2D eigenvalue weighted by Crippen LogP contribution is 2.17. The van der Waals surface area contributed by atoms with Crippen molar-refractivity contribution in [3.05, 3.63) is 0 Å². The molecule has 1 fully saturated rings. The standard InChI is InChI=1S/C7H12NO2/c9-5-8-6-3-1-2-4-7(6)10/h6-7,10H,1-4H2,(H,8,9). The molecule has 0 bridgehead atoms. The Kier molecular flexibility index (Phi) is 2.68. The van der Waals surface area contributed by atoms with Crippen LogP contribution in [0.1, 0.15) is 25.7 Å². The van der Waals surface area contributed by atoms with Crippen molar-refractivity contribution in [2.24, 2.45) is 0 Å². The molecule has 1 amide bonds. The Morgan fingerprint density at radius 2 is 2.10 bits per heavy atom. The molecule has 0 aromatic heterocycles. The van der Waals surface area contributed by atoms with Gasteiger partial charge < -0.3 is 10.4 Å². The highest BCUT2D eigenvalue weighted by atomic mass is 16.3. The van der Waals surface area contributed by atoms with Crippen LogP contribution >= 0.6 is 0 Å². The summed E-state index contributed by atoms with van der Waals surface area (Å²) in [6.45, 7) is 0. The Morgan fingerprint density at radius 1 is 1.40 bits per heavy atom. The minimum atomic E-state index is -0.352. The topological polar surface area (TPSA) is 49.3 Å². The summed E-state index contributed by atoms with van der Waals surface area (Å²) in [6.07, 6.45) is 5.11. The zero-order valence-corrected chi connectivity index (χ0v) is 5.84. The summed E-state index contributed by atoms with van der Waals surface area (Å²) in [5.41, 5.74) is 0. The van der Waals surface area contributed by atoms with Gasteiger partial charge in [0.2, 0.25) is 0 Å². The summed E-state index contributed by atoms with van der Waals surface area (Å²) in [5.74, 6) is 0. The van der Waals surface area contributed by atoms with E-state index in [1.807, 2.05) is 0 Å². The van der Waals surface area contributed by atoms with Crippen LogP contribution < -0.4 is 5.32 Å². The maximum Gasteiger partial charge on any atom is 0.309 e. The van der Waals surface area contributed by atoms with Gasteiger partial charge in [-0.1, -0.05) is 12.8 Å². The van der Waals surface area contributed by atoms with Crippen molar-refractivity contribution in [2.75, 3.05) is 0 Å². The van der Waals surface area contributed by atoms with Crippen LogP contribution in [0, 0.1) is 0 Å². The molecule has 2 unspecified atom stereocenters. The molecule has 57 valence electrons. The minimum Gasteiger partial charge on any atom is -0.391 e. The van der Waals surface area contributed by atoms with Crippen LogP contribution in [0.4, 0.5) is 0 Å². The summed E-state index contributed by atoms with van der Waals surface area (Å²) in [7, 11) is 0. The lowest BCUT2D eigenvalue weighted by Crippen LogP contribution is -2.41. The van der Waals surface area contributed by atoms with Crippen LogP contribution in [0.5, 0.6) is 0 Å². The normalized spacial score (nSPS) is 33.3. The predicted octanol–water partition coefficient (Wildman–Crippen LogP) is -0.0533. The van der Waals surface area contributed by atoms with Crippen LogP contribution in [0.25, 0.3) is 0 Å². The van der Waals surface area contributed by atoms with Crippen molar-refractivity contribution < 1.29 is 9.90 Å². The Labute approximate surface area is 60.4 Å². The average Bonchev–Trinajstić information content (AvgIpc) is 1.94. The molecule has 0 spiro atoms. The van der Waals surface area contributed by atoms with Crippen LogP contribution in [-0.2, 0) is 4.79 Å². The second-order valence-corrected chi connectivity index (χ2v) is 2.70. The predicted molar refractivity (Wildman–Crippen MR) is 37.1 cm³/mol. The van der Waals surface area contributed by atoms with Crippen LogP contribution in [0.3, 0.4) is 0 Å². The Bertz CT molecular complexity index is 116. The number of rotatable bonds is 2. The van der Waals surface area contributed by atoms with Crippen LogP contribution in [-0.4, -0.2) is 23.7 Å². The molecule has 10 heavy (non-hydrogen) atoms. The van der Waals surface area contributed by atoms with Gasteiger partial charge in [-0.3, -0.25) is 4.79 Å². The summed E-state index contributed by atoms with van der Waals surface area (Å²) in [6, 6.07) is -0.0498. The molecule has 2 N–H and O–H groups in total. The van der Waals surface area contributed by atoms with Gasteiger partial charge in [-0.05, 0) is 12.8 Å². The number of nitrogens with one attached hydrogen (secondary N) is 1. The molecule has 1 radical (unpaired) electrons. The summed E-state index contributed by atoms with van der Waals surface area (Å²) in [4.78, 5) is 9.87. The van der Waals surface area contributed by atoms with Gasteiger partial charge in [0, 0.05) is 0 Å². The Hall–Kier alpha value is -0.570. The fourth-order valence-electron chi connectivity index (χ4n) is 1.36. The molecule has 3 heteroatoms. The average molecular weight is 142 g/mol. The minimum absolute atomic E-state index is 0.0498. The largest absolute Gasteiger partial charge is 0.391 e. The molecule has 1 aliphatic carbocycles. The second-order valence-electron chi connectivity index (χ2n) is 2.70. The molecular formula is C7H12NO2. The third-order valence-corrected chi connectivity index (χ3v) is 1.97. The van der Waals surface area contributed by atoms with E-state index in [0.29, 0.717) is 0 Å². The van der Waals surface area contributed by atoms with Gasteiger partial charge in [0.1, 0.15) is 0 Å². The van der Waals surface area contributed by atoms with Gasteiger partial charge >= 0.3 is 6.41 Å². The van der Waals surface area contributed by atoms with Crippen molar-refractivity contribution in [3.63, 3.8) is 0 Å². The number of amides is 1. The van der Waals surface area contributed by atoms with E-state index in [1.54, 1.807) is 6.41 Å². The highest BCUT2D eigenvalue weighted by Gasteiger charge is 2.21. The molecule has 0 aromatic rings. The Morgan fingerprint density at radius 3 is 2.70 bits per heavy atom. The van der Waals surface area contributed by atoms with E-state index in [2.05, 4.69) is 5.32 Å². The van der Waals surface area contributed by atoms with Gasteiger partial charge in [0.05, 0.1) is 12.1 Å². The SMILES string of the molecule is O=[C]NC1CCCCC1O. The number of hydrogen-bond acceptors (Lipinski definition) is 2. The summed E-state index contributed by atoms with van der Waals surface area (Å²) >= 11 is 0. The van der Waals surface area contributed by atoms with Crippen LogP contribution in [0.2, 0.25) is 0 Å². The fraction of sp³-hybridized carbons (Fsp3) is 0.857. The van der Waals surface area contributed by atoms with Gasteiger partial charge in [-0.25, -0.2) is 0 Å². The first-order valence-corrected chi connectivity index (χ1v) is 3.65. The van der Waals surface area contributed by atoms with Crippen molar-refractivity contribution in [2.45, 2.75) is 37.8 Å². The van der Waals surface area contributed by atoms with Crippen molar-refractivity contribution in [1.82, 2.24) is 5.32 Å². The lowest BCUT2D eigenvalue weighted by Gasteiger charge is -2.26. The van der Waals surface area contributed by atoms with Gasteiger partial charge in [-0.15, -0.1) is 0 Å². The van der Waals surface area contributed by atoms with Gasteiger partial charge in [0.25, 0.3) is 0 Å². The van der Waals surface area contributed by atoms with Crippen molar-refractivity contribution >= 4 is 6.41 Å².